The first-order valence-electron chi connectivity index (χ1n) is 11.7. The highest BCUT2D eigenvalue weighted by atomic mass is 32.2. The van der Waals surface area contributed by atoms with Gasteiger partial charge in [0.25, 0.3) is 0 Å². The topological polar surface area (TPSA) is 72.3 Å². The van der Waals surface area contributed by atoms with Gasteiger partial charge in [0.2, 0.25) is 5.91 Å². The Labute approximate surface area is 201 Å². The molecule has 1 aliphatic carbocycles. The van der Waals surface area contributed by atoms with Gasteiger partial charge in [0.05, 0.1) is 30.6 Å². The number of nitrogens with zero attached hydrogens (tertiary/aromatic N) is 4. The van der Waals surface area contributed by atoms with Crippen LogP contribution in [0.1, 0.15) is 56.5 Å². The molecule has 1 saturated heterocycles. The van der Waals surface area contributed by atoms with Crippen LogP contribution in [-0.4, -0.2) is 57.1 Å². The first-order valence-corrected chi connectivity index (χ1v) is 12.6. The molecule has 1 unspecified atom stereocenters. The van der Waals surface area contributed by atoms with E-state index in [-0.39, 0.29) is 23.7 Å². The van der Waals surface area contributed by atoms with Crippen molar-refractivity contribution in [1.29, 1.82) is 0 Å². The molecule has 7 nitrogen and oxygen atoms in total. The zero-order valence-corrected chi connectivity index (χ0v) is 20.0. The quantitative estimate of drug-likeness (QED) is 0.557. The molecule has 1 saturated carbocycles. The Morgan fingerprint density at radius 3 is 2.65 bits per heavy atom. The molecule has 1 aliphatic heterocycles. The van der Waals surface area contributed by atoms with E-state index >= 15 is 0 Å². The molecule has 1 N–H and O–H groups in total. The third-order valence-electron chi connectivity index (χ3n) is 6.27. The molecule has 1 aromatic carbocycles. The molecule has 2 fully saturated rings. The van der Waals surface area contributed by atoms with Gasteiger partial charge in [-0.05, 0) is 38.0 Å². The minimum atomic E-state index is -4.40. The number of amides is 1. The lowest BCUT2D eigenvalue weighted by Crippen LogP contribution is -2.44. The first kappa shape index (κ1) is 24.8. The maximum atomic E-state index is 13.1. The Hall–Kier alpha value is -2.27. The molecule has 2 heterocycles. The summed E-state index contributed by atoms with van der Waals surface area (Å²) in [6.45, 7) is 4.40. The summed E-state index contributed by atoms with van der Waals surface area (Å²) >= 11 is 1.39. The highest BCUT2D eigenvalue weighted by Crippen LogP contribution is 2.35. The molecule has 4 rings (SSSR count). The van der Waals surface area contributed by atoms with Crippen LogP contribution in [0, 0.1) is 0 Å². The molecule has 34 heavy (non-hydrogen) atoms. The van der Waals surface area contributed by atoms with Crippen LogP contribution >= 0.6 is 11.8 Å². The summed E-state index contributed by atoms with van der Waals surface area (Å²) in [5, 5.41) is 12.2. The van der Waals surface area contributed by atoms with Crippen LogP contribution in [0.25, 0.3) is 0 Å². The number of benzene rings is 1. The number of morpholine rings is 1. The van der Waals surface area contributed by atoms with E-state index in [9.17, 15) is 18.0 Å². The zero-order valence-electron chi connectivity index (χ0n) is 19.2. The number of aromatic nitrogens is 3. The fourth-order valence-corrected chi connectivity index (χ4v) is 5.47. The van der Waals surface area contributed by atoms with Gasteiger partial charge in [0, 0.05) is 24.8 Å². The number of alkyl halides is 3. The maximum absolute atomic E-state index is 13.1. The number of carbonyl (C=O) groups is 1. The van der Waals surface area contributed by atoms with Gasteiger partial charge in [-0.3, -0.25) is 4.79 Å². The largest absolute Gasteiger partial charge is 0.416 e. The van der Waals surface area contributed by atoms with Gasteiger partial charge in [0.15, 0.2) is 11.0 Å². The van der Waals surface area contributed by atoms with Gasteiger partial charge < -0.3 is 19.5 Å². The lowest BCUT2D eigenvalue weighted by molar-refractivity contribution is -0.137. The van der Waals surface area contributed by atoms with Gasteiger partial charge >= 0.3 is 6.18 Å². The summed E-state index contributed by atoms with van der Waals surface area (Å²) in [4.78, 5) is 14.7. The predicted molar refractivity (Wildman–Crippen MR) is 124 cm³/mol. The van der Waals surface area contributed by atoms with Crippen LogP contribution in [0.3, 0.4) is 0 Å². The highest BCUT2D eigenvalue weighted by molar-refractivity contribution is 8.00. The van der Waals surface area contributed by atoms with E-state index in [4.69, 9.17) is 4.74 Å². The first-order chi connectivity index (χ1) is 16.3. The Morgan fingerprint density at radius 2 is 1.94 bits per heavy atom. The average molecular weight is 498 g/mol. The van der Waals surface area contributed by atoms with E-state index < -0.39 is 11.7 Å². The normalized spacial score (nSPS) is 18.6. The zero-order chi connectivity index (χ0) is 24.1. The summed E-state index contributed by atoms with van der Waals surface area (Å²) < 4.78 is 46.6. The number of halogens is 3. The van der Waals surface area contributed by atoms with Crippen LogP contribution < -0.4 is 5.32 Å². The molecule has 11 heteroatoms. The summed E-state index contributed by atoms with van der Waals surface area (Å²) in [5.41, 5.74) is -0.323. The van der Waals surface area contributed by atoms with Crippen LogP contribution in [0.4, 0.5) is 18.9 Å². The van der Waals surface area contributed by atoms with E-state index in [2.05, 4.69) is 20.1 Å². The molecule has 2 aromatic rings. The minimum Gasteiger partial charge on any atom is -0.378 e. The molecule has 186 valence electrons. The fourth-order valence-electron chi connectivity index (χ4n) is 4.45. The standard InChI is InChI=1S/C23H30F3N5O2S/c1-16(21(32)30-10-12-33-13-11-30)34-22-29-28-20(31(22)19-8-3-2-4-9-19)15-27-18-7-5-6-17(14-18)23(24,25)26/h5-7,14,16,19,27H,2-4,8-13,15H2,1H3. The van der Waals surface area contributed by atoms with Crippen molar-refractivity contribution in [3.8, 4) is 0 Å². The lowest BCUT2D eigenvalue weighted by Gasteiger charge is -2.29. The Morgan fingerprint density at radius 1 is 1.21 bits per heavy atom. The fraction of sp³-hybridized carbons (Fsp3) is 0.609. The molecular formula is C23H30F3N5O2S. The van der Waals surface area contributed by atoms with Crippen LogP contribution in [-0.2, 0) is 22.3 Å². The van der Waals surface area contributed by atoms with Crippen molar-refractivity contribution in [2.45, 2.75) is 68.2 Å². The van der Waals surface area contributed by atoms with Crippen molar-refractivity contribution in [3.05, 3.63) is 35.7 Å². The number of hydrogen-bond acceptors (Lipinski definition) is 6. The van der Waals surface area contributed by atoms with E-state index in [1.165, 1.54) is 24.2 Å². The smallest absolute Gasteiger partial charge is 0.378 e. The number of carbonyl (C=O) groups excluding carboxylic acids is 1. The third kappa shape index (κ3) is 6.04. The van der Waals surface area contributed by atoms with Crippen LogP contribution in [0.15, 0.2) is 29.4 Å². The van der Waals surface area contributed by atoms with Gasteiger partial charge in [-0.25, -0.2) is 0 Å². The Balaban J connectivity index is 1.50. The summed E-state index contributed by atoms with van der Waals surface area (Å²) in [5.74, 6) is 0.716. The number of hydrogen-bond donors (Lipinski definition) is 1. The lowest BCUT2D eigenvalue weighted by atomic mass is 9.95. The molecule has 2 aliphatic rings. The molecule has 1 atom stereocenters. The van der Waals surface area contributed by atoms with E-state index in [0.29, 0.717) is 43.0 Å². The van der Waals surface area contributed by atoms with Crippen molar-refractivity contribution < 1.29 is 22.7 Å². The maximum Gasteiger partial charge on any atom is 0.416 e. The molecule has 0 radical (unpaired) electrons. The number of rotatable bonds is 7. The van der Waals surface area contributed by atoms with Gasteiger partial charge in [-0.1, -0.05) is 37.1 Å². The van der Waals surface area contributed by atoms with E-state index in [0.717, 1.165) is 37.8 Å². The number of ether oxygens (including phenoxy) is 1. The van der Waals surface area contributed by atoms with Gasteiger partial charge in [-0.2, -0.15) is 13.2 Å². The Bertz CT molecular complexity index is 972. The monoisotopic (exact) mass is 497 g/mol. The second-order valence-electron chi connectivity index (χ2n) is 8.69. The second kappa shape index (κ2) is 11.0. The van der Waals surface area contributed by atoms with Crippen LogP contribution in [0.5, 0.6) is 0 Å². The minimum absolute atomic E-state index is 0.0511. The van der Waals surface area contributed by atoms with Gasteiger partial charge in [-0.15, -0.1) is 10.2 Å². The van der Waals surface area contributed by atoms with Gasteiger partial charge in [0.1, 0.15) is 0 Å². The summed E-state index contributed by atoms with van der Waals surface area (Å²) in [6.07, 6.45) is 0.991. The van der Waals surface area contributed by atoms with E-state index in [1.54, 1.807) is 6.07 Å². The Kier molecular flexibility index (Phi) is 8.02. The predicted octanol–water partition coefficient (Wildman–Crippen LogP) is 4.75. The van der Waals surface area contributed by atoms with Crippen LogP contribution in [0.2, 0.25) is 0 Å². The molecular weight excluding hydrogens is 467 g/mol. The van der Waals surface area contributed by atoms with Crippen molar-refractivity contribution in [2.24, 2.45) is 0 Å². The second-order valence-corrected chi connectivity index (χ2v) is 10.00. The molecule has 1 amide bonds. The molecule has 0 bridgehead atoms. The van der Waals surface area contributed by atoms with Crippen molar-refractivity contribution >= 4 is 23.4 Å². The number of anilines is 1. The highest BCUT2D eigenvalue weighted by Gasteiger charge is 2.31. The van der Waals surface area contributed by atoms with Crippen molar-refractivity contribution in [1.82, 2.24) is 19.7 Å². The average Bonchev–Trinajstić information content (AvgIpc) is 3.25. The molecule has 0 spiro atoms. The SMILES string of the molecule is CC(Sc1nnc(CNc2cccc(C(F)(F)F)c2)n1C1CCCCC1)C(=O)N1CCOCC1. The molecule has 1 aromatic heterocycles. The number of thioether (sulfide) groups is 1. The summed E-state index contributed by atoms with van der Waals surface area (Å²) in [7, 11) is 0. The summed E-state index contributed by atoms with van der Waals surface area (Å²) in [6, 6.07) is 5.36. The van der Waals surface area contributed by atoms with Crippen molar-refractivity contribution in [2.75, 3.05) is 31.6 Å². The van der Waals surface area contributed by atoms with Crippen molar-refractivity contribution in [3.63, 3.8) is 0 Å². The third-order valence-corrected chi connectivity index (χ3v) is 7.31. The van der Waals surface area contributed by atoms with E-state index in [1.807, 2.05) is 11.8 Å². The number of nitrogens with one attached hydrogen (secondary N) is 1.